The third-order valence-corrected chi connectivity index (χ3v) is 4.83. The van der Waals surface area contributed by atoms with Crippen LogP contribution in [0, 0.1) is 17.3 Å². The van der Waals surface area contributed by atoms with Gasteiger partial charge in [-0.3, -0.25) is 4.79 Å². The average Bonchev–Trinajstić information content (AvgIpc) is 2.42. The number of urea groups is 1. The molecule has 1 saturated heterocycles. The molecule has 2 amide bonds. The predicted molar refractivity (Wildman–Crippen MR) is 83.2 cm³/mol. The first-order valence-electron chi connectivity index (χ1n) is 7.97. The molecule has 1 unspecified atom stereocenters. The van der Waals surface area contributed by atoms with E-state index in [9.17, 15) is 9.59 Å². The Kier molecular flexibility index (Phi) is 6.49. The van der Waals surface area contributed by atoms with Crippen molar-refractivity contribution in [2.45, 2.75) is 53.4 Å². The number of carboxylic acid groups (broad SMARTS) is 1. The van der Waals surface area contributed by atoms with Crippen molar-refractivity contribution in [3.05, 3.63) is 0 Å². The molecule has 0 bridgehead atoms. The number of hydrogen-bond donors (Lipinski definition) is 2. The standard InChI is InChI=1S/C16H30N2O3/c1-12(2)16(3,4)11-17-15(21)18-9-5-6-13(10-18)7-8-14(19)20/h12-13H,5-11H2,1-4H3,(H,17,21)(H,19,20). The lowest BCUT2D eigenvalue weighted by Gasteiger charge is -2.35. The number of nitrogens with zero attached hydrogens (tertiary/aromatic N) is 1. The molecule has 1 aliphatic heterocycles. The second-order valence-electron chi connectivity index (χ2n) is 7.19. The average molecular weight is 298 g/mol. The van der Waals surface area contributed by atoms with E-state index in [0.717, 1.165) is 19.4 Å². The van der Waals surface area contributed by atoms with E-state index in [1.165, 1.54) is 0 Å². The Morgan fingerprint density at radius 1 is 1.38 bits per heavy atom. The molecule has 1 fully saturated rings. The summed E-state index contributed by atoms with van der Waals surface area (Å²) in [6, 6.07) is -0.0104. The minimum absolute atomic E-state index is 0.0104. The highest BCUT2D eigenvalue weighted by molar-refractivity contribution is 5.74. The molecule has 5 heteroatoms. The Morgan fingerprint density at radius 3 is 2.62 bits per heavy atom. The third-order valence-electron chi connectivity index (χ3n) is 4.83. The van der Waals surface area contributed by atoms with Crippen LogP contribution in [0.15, 0.2) is 0 Å². The van der Waals surface area contributed by atoms with Gasteiger partial charge in [0.2, 0.25) is 0 Å². The van der Waals surface area contributed by atoms with E-state index in [-0.39, 0.29) is 17.9 Å². The van der Waals surface area contributed by atoms with Gasteiger partial charge in [0, 0.05) is 26.1 Å². The van der Waals surface area contributed by atoms with Gasteiger partial charge in [0.25, 0.3) is 0 Å². The molecule has 1 rings (SSSR count). The second kappa shape index (κ2) is 7.66. The summed E-state index contributed by atoms with van der Waals surface area (Å²) in [5, 5.41) is 11.8. The van der Waals surface area contributed by atoms with E-state index in [4.69, 9.17) is 5.11 Å². The van der Waals surface area contributed by atoms with Crippen LogP contribution >= 0.6 is 0 Å². The zero-order valence-corrected chi connectivity index (χ0v) is 13.8. The molecule has 5 nitrogen and oxygen atoms in total. The molecule has 0 radical (unpaired) electrons. The van der Waals surface area contributed by atoms with Crippen molar-refractivity contribution < 1.29 is 14.7 Å². The molecule has 21 heavy (non-hydrogen) atoms. The summed E-state index contributed by atoms with van der Waals surface area (Å²) in [6.45, 7) is 10.8. The van der Waals surface area contributed by atoms with Gasteiger partial charge in [-0.2, -0.15) is 0 Å². The maximum absolute atomic E-state index is 12.2. The summed E-state index contributed by atoms with van der Waals surface area (Å²) in [5.74, 6) is 0.0661. The lowest BCUT2D eigenvalue weighted by atomic mass is 9.81. The van der Waals surface area contributed by atoms with Gasteiger partial charge in [-0.05, 0) is 36.5 Å². The molecule has 1 aliphatic rings. The normalized spacial score (nSPS) is 19.7. The van der Waals surface area contributed by atoms with Crippen molar-refractivity contribution in [3.63, 3.8) is 0 Å². The fourth-order valence-electron chi connectivity index (χ4n) is 2.43. The van der Waals surface area contributed by atoms with Crippen LogP contribution in [0.25, 0.3) is 0 Å². The molecule has 122 valence electrons. The van der Waals surface area contributed by atoms with Crippen LogP contribution in [0.2, 0.25) is 0 Å². The van der Waals surface area contributed by atoms with Gasteiger partial charge in [0.05, 0.1) is 0 Å². The van der Waals surface area contributed by atoms with Crippen LogP contribution in [0.5, 0.6) is 0 Å². The van der Waals surface area contributed by atoms with Crippen molar-refractivity contribution in [1.82, 2.24) is 10.2 Å². The van der Waals surface area contributed by atoms with Gasteiger partial charge in [-0.15, -0.1) is 0 Å². The smallest absolute Gasteiger partial charge is 0.317 e. The zero-order valence-electron chi connectivity index (χ0n) is 13.8. The molecule has 1 atom stereocenters. The van der Waals surface area contributed by atoms with Crippen LogP contribution in [0.1, 0.15) is 53.4 Å². The number of likely N-dealkylation sites (tertiary alicyclic amines) is 1. The lowest BCUT2D eigenvalue weighted by Crippen LogP contribution is -2.48. The van der Waals surface area contributed by atoms with E-state index in [1.807, 2.05) is 4.90 Å². The van der Waals surface area contributed by atoms with Gasteiger partial charge >= 0.3 is 12.0 Å². The third kappa shape index (κ3) is 5.94. The van der Waals surface area contributed by atoms with E-state index in [0.29, 0.717) is 31.3 Å². The summed E-state index contributed by atoms with van der Waals surface area (Å²) < 4.78 is 0. The van der Waals surface area contributed by atoms with Crippen LogP contribution in [0.3, 0.4) is 0 Å². The van der Waals surface area contributed by atoms with E-state index < -0.39 is 5.97 Å². The van der Waals surface area contributed by atoms with Crippen LogP contribution in [-0.2, 0) is 4.79 Å². The topological polar surface area (TPSA) is 69.6 Å². The first-order valence-corrected chi connectivity index (χ1v) is 7.97. The quantitative estimate of drug-likeness (QED) is 0.792. The highest BCUT2D eigenvalue weighted by Gasteiger charge is 2.27. The van der Waals surface area contributed by atoms with Crippen molar-refractivity contribution in [3.8, 4) is 0 Å². The Balaban J connectivity index is 2.41. The van der Waals surface area contributed by atoms with E-state index >= 15 is 0 Å². The molecular weight excluding hydrogens is 268 g/mol. The number of hydrogen-bond acceptors (Lipinski definition) is 2. The summed E-state index contributed by atoms with van der Waals surface area (Å²) in [4.78, 5) is 24.7. The van der Waals surface area contributed by atoms with Gasteiger partial charge in [0.15, 0.2) is 0 Å². The second-order valence-corrected chi connectivity index (χ2v) is 7.19. The van der Waals surface area contributed by atoms with Crippen LogP contribution in [-0.4, -0.2) is 41.6 Å². The minimum Gasteiger partial charge on any atom is -0.481 e. The lowest BCUT2D eigenvalue weighted by molar-refractivity contribution is -0.137. The van der Waals surface area contributed by atoms with E-state index in [2.05, 4.69) is 33.0 Å². The maximum atomic E-state index is 12.2. The molecule has 0 aromatic carbocycles. The number of carboxylic acids is 1. The highest BCUT2D eigenvalue weighted by atomic mass is 16.4. The van der Waals surface area contributed by atoms with Crippen molar-refractivity contribution in [1.29, 1.82) is 0 Å². The Labute approximate surface area is 128 Å². The minimum atomic E-state index is -0.754. The Hall–Kier alpha value is -1.26. The molecule has 0 aromatic heterocycles. The highest BCUT2D eigenvalue weighted by Crippen LogP contribution is 2.25. The van der Waals surface area contributed by atoms with Crippen molar-refractivity contribution in [2.75, 3.05) is 19.6 Å². The molecular formula is C16H30N2O3. The van der Waals surface area contributed by atoms with Gasteiger partial charge < -0.3 is 15.3 Å². The number of carbonyl (C=O) groups is 2. The molecule has 0 spiro atoms. The molecule has 0 aromatic rings. The summed E-state index contributed by atoms with van der Waals surface area (Å²) in [7, 11) is 0. The number of nitrogens with one attached hydrogen (secondary N) is 1. The van der Waals surface area contributed by atoms with E-state index in [1.54, 1.807) is 0 Å². The Bertz CT molecular complexity index is 367. The number of carbonyl (C=O) groups excluding carboxylic acids is 1. The van der Waals surface area contributed by atoms with Crippen LogP contribution < -0.4 is 5.32 Å². The number of piperidine rings is 1. The molecule has 1 heterocycles. The fourth-order valence-corrected chi connectivity index (χ4v) is 2.43. The Morgan fingerprint density at radius 2 is 2.05 bits per heavy atom. The van der Waals surface area contributed by atoms with Crippen LogP contribution in [0.4, 0.5) is 4.79 Å². The number of amides is 2. The molecule has 0 saturated carbocycles. The van der Waals surface area contributed by atoms with Crippen molar-refractivity contribution >= 4 is 12.0 Å². The van der Waals surface area contributed by atoms with Gasteiger partial charge in [-0.1, -0.05) is 27.7 Å². The first kappa shape index (κ1) is 17.8. The summed E-state index contributed by atoms with van der Waals surface area (Å²) >= 11 is 0. The van der Waals surface area contributed by atoms with Gasteiger partial charge in [0.1, 0.15) is 0 Å². The molecule has 2 N–H and O–H groups in total. The first-order chi connectivity index (χ1) is 9.72. The zero-order chi connectivity index (χ0) is 16.0. The SMILES string of the molecule is CC(C)C(C)(C)CNC(=O)N1CCCC(CCC(=O)O)C1. The monoisotopic (exact) mass is 298 g/mol. The summed E-state index contributed by atoms with van der Waals surface area (Å²) in [6.07, 6.45) is 2.84. The fraction of sp³-hybridized carbons (Fsp3) is 0.875. The van der Waals surface area contributed by atoms with Crippen molar-refractivity contribution in [2.24, 2.45) is 17.3 Å². The predicted octanol–water partition coefficient (Wildman–Crippen LogP) is 2.96. The molecule has 0 aliphatic carbocycles. The number of aliphatic carboxylic acids is 1. The maximum Gasteiger partial charge on any atom is 0.317 e. The van der Waals surface area contributed by atoms with Gasteiger partial charge in [-0.25, -0.2) is 4.79 Å². The summed E-state index contributed by atoms with van der Waals surface area (Å²) in [5.41, 5.74) is 0.0775. The number of rotatable bonds is 6. The largest absolute Gasteiger partial charge is 0.481 e.